The molecule has 606 valence electrons. The van der Waals surface area contributed by atoms with Crippen LogP contribution in [0.2, 0.25) is 0 Å². The number of hydrogen-bond acceptors (Lipinski definition) is 6. The third-order valence-electron chi connectivity index (χ3n) is 21.9. The molecule has 2 aliphatic rings. The van der Waals surface area contributed by atoms with Crippen LogP contribution in [0.1, 0.15) is 61.1 Å². The zero-order chi connectivity index (χ0) is 78.4. The molecule has 0 N–H and O–H groups in total. The summed E-state index contributed by atoms with van der Waals surface area (Å²) in [5, 5.41) is 16.8. The van der Waals surface area contributed by atoms with E-state index in [0.29, 0.717) is 5.56 Å². The van der Waals surface area contributed by atoms with Crippen molar-refractivity contribution in [2.24, 2.45) is 0 Å². The minimum atomic E-state index is -0.382. The van der Waals surface area contributed by atoms with Gasteiger partial charge in [0.1, 0.15) is 0 Å². The first-order valence-electron chi connectivity index (χ1n) is 38.6. The van der Waals surface area contributed by atoms with E-state index < -0.39 is 0 Å². The second-order valence-electron chi connectivity index (χ2n) is 29.7. The standard InChI is InChI=1S/C21H14N.C19H12N.C18H13FN.C18H14N.C17H14N.C15H10N.6Ir/c1-3-9-16(10-4-1)20-15-22-21(17-11-5-2-6-12-17)19-14-8-7-13-18(19)20;1-2-7-16-13-17(10-9-14(16)5-1)19-18-8-4-3-6-15(18)11-12-20-19;1-18(2)13-7-3-5-11-9-10-20-17(15(11)13)12-6-4-8-14(19)16(12)18;1-18(2)14-8-4-3-7-13(14)17-16-12(10-11-19-17)6-5-9-15(16)18;1-12-10-17(18-11-13(12)2)16-9-5-7-14-6-3-4-8-15(14)16;1-2-8-13-12(6-1)7-5-9-14(13)15-10-3-4-11-16-15;;;;;;/h1-11,13-15H;1-9,11-13H;3-5,7-10H,1-2H3;3-6,8-11H,1-2H3;3-8,10-11H,1-2H3;1-8,10-11H;;;;;;/q6*-1;;;;;;. The van der Waals surface area contributed by atoms with E-state index in [1.807, 2.05) is 134 Å². The maximum Gasteiger partial charge on any atom is 0.0459 e. The molecular weight excluding hydrogens is 2550 g/mol. The molecule has 22 rings (SSSR count). The largest absolute Gasteiger partial charge is 0.305 e. The Labute approximate surface area is 787 Å². The molecule has 121 heavy (non-hydrogen) atoms. The molecule has 6 radical (unpaired) electrons. The van der Waals surface area contributed by atoms with Crippen molar-refractivity contribution >= 4 is 75.4 Å². The Hall–Kier alpha value is -10.4. The number of benzene rings is 14. The molecule has 6 heterocycles. The van der Waals surface area contributed by atoms with Crippen molar-refractivity contribution in [2.75, 3.05) is 0 Å². The molecule has 0 saturated carbocycles. The zero-order valence-corrected chi connectivity index (χ0v) is 81.0. The van der Waals surface area contributed by atoms with E-state index in [9.17, 15) is 4.39 Å². The Kier molecular flexibility index (Phi) is 31.0. The van der Waals surface area contributed by atoms with Crippen LogP contribution in [-0.4, -0.2) is 29.9 Å². The first-order chi connectivity index (χ1) is 56.3. The van der Waals surface area contributed by atoms with E-state index >= 15 is 0 Å². The third-order valence-corrected chi connectivity index (χ3v) is 21.9. The first kappa shape index (κ1) is 91.4. The van der Waals surface area contributed by atoms with Gasteiger partial charge in [0.15, 0.2) is 0 Å². The molecule has 0 bridgehead atoms. The molecule has 0 aliphatic heterocycles. The molecule has 6 nitrogen and oxygen atoms in total. The summed E-state index contributed by atoms with van der Waals surface area (Å²) >= 11 is 0. The van der Waals surface area contributed by atoms with E-state index in [1.165, 1.54) is 93.1 Å². The summed E-state index contributed by atoms with van der Waals surface area (Å²) in [5.41, 5.74) is 21.0. The van der Waals surface area contributed by atoms with Crippen molar-refractivity contribution in [3.63, 3.8) is 0 Å². The maximum absolute atomic E-state index is 14.4. The van der Waals surface area contributed by atoms with Crippen LogP contribution in [-0.2, 0) is 131 Å². The minimum Gasteiger partial charge on any atom is -0.305 e. The number of fused-ring (bicyclic) bond motifs is 9. The van der Waals surface area contributed by atoms with Crippen LogP contribution < -0.4 is 0 Å². The summed E-state index contributed by atoms with van der Waals surface area (Å²) in [6.45, 7) is 12.9. The summed E-state index contributed by atoms with van der Waals surface area (Å²) in [6, 6.07) is 128. The Morgan fingerprint density at radius 2 is 0.769 bits per heavy atom. The van der Waals surface area contributed by atoms with E-state index in [4.69, 9.17) is 4.98 Å². The van der Waals surface area contributed by atoms with Gasteiger partial charge in [-0.1, -0.05) is 261 Å². The molecule has 0 saturated heterocycles. The van der Waals surface area contributed by atoms with Crippen molar-refractivity contribution in [2.45, 2.75) is 52.4 Å². The number of rotatable bonds is 5. The molecule has 14 aromatic carbocycles. The van der Waals surface area contributed by atoms with Crippen LogP contribution in [0.15, 0.2) is 359 Å². The molecule has 0 atom stereocenters. The fraction of sp³-hybridized carbons (Fsp3) is 0.0741. The SMILES string of the molecule is CC1(C)c2c([c-]ccc2F)-c2nccc3cccc1c23.CC1(C)c2ccc[c-]c2-c2nccc3cccc1c23.Cc1cnc(-c2[c-]ccc3ccccc23)cc1C.[Ir].[Ir].[Ir].[Ir].[Ir].[Ir].[c-]1cc2ccccc2cc1-c1nccc2ccccc12.[c-]1ccc2ccccc2c1-c1ccccn1.[c-]1ccccc1-c1ncc(-c2ccccc2)c2ccccc12. The second-order valence-corrected chi connectivity index (χ2v) is 29.7. The number of aryl methyl sites for hydroxylation is 2. The zero-order valence-electron chi connectivity index (χ0n) is 66.6. The third kappa shape index (κ3) is 19.0. The summed E-state index contributed by atoms with van der Waals surface area (Å²) in [7, 11) is 0. The van der Waals surface area contributed by atoms with Gasteiger partial charge in [-0.05, 0) is 148 Å². The van der Waals surface area contributed by atoms with Crippen LogP contribution in [0.3, 0.4) is 0 Å². The topological polar surface area (TPSA) is 77.3 Å². The summed E-state index contributed by atoms with van der Waals surface area (Å²) < 4.78 is 14.4. The molecule has 0 amide bonds. The van der Waals surface area contributed by atoms with Gasteiger partial charge in [0, 0.05) is 169 Å². The monoisotopic (exact) mass is 2630 g/mol. The predicted molar refractivity (Wildman–Crippen MR) is 473 cm³/mol. The smallest absolute Gasteiger partial charge is 0.0459 e. The first-order valence-corrected chi connectivity index (χ1v) is 38.6. The number of nitrogens with zero attached hydrogens (tertiary/aromatic N) is 6. The van der Waals surface area contributed by atoms with E-state index in [0.717, 1.165) is 94.8 Å². The molecule has 2 aliphatic carbocycles. The Morgan fingerprint density at radius 3 is 1.40 bits per heavy atom. The average molecular weight is 2630 g/mol. The van der Waals surface area contributed by atoms with Gasteiger partial charge in [0.25, 0.3) is 0 Å². The van der Waals surface area contributed by atoms with E-state index in [2.05, 4.69) is 309 Å². The number of pyridine rings is 6. The Balaban J connectivity index is 0.000000141. The van der Waals surface area contributed by atoms with Gasteiger partial charge < -0.3 is 29.9 Å². The van der Waals surface area contributed by atoms with Gasteiger partial charge in [0.2, 0.25) is 0 Å². The number of hydrogen-bond donors (Lipinski definition) is 0. The van der Waals surface area contributed by atoms with Crippen molar-refractivity contribution < 1.29 is 125 Å². The summed E-state index contributed by atoms with van der Waals surface area (Å²) in [4.78, 5) is 27.3. The molecule has 6 aromatic heterocycles. The maximum atomic E-state index is 14.4. The molecule has 0 fully saturated rings. The summed E-state index contributed by atoms with van der Waals surface area (Å²) in [6.07, 6.45) is 11.2. The molecule has 20 aromatic rings. The van der Waals surface area contributed by atoms with Crippen LogP contribution >= 0.6 is 0 Å². The average Bonchev–Trinajstić information content (AvgIpc) is 0.716. The van der Waals surface area contributed by atoms with Gasteiger partial charge in [-0.2, -0.15) is 0 Å². The minimum absolute atomic E-state index is 0. The van der Waals surface area contributed by atoms with Crippen LogP contribution in [0, 0.1) is 56.1 Å². The predicted octanol–water partition coefficient (Wildman–Crippen LogP) is 27.1. The molecule has 0 spiro atoms. The van der Waals surface area contributed by atoms with Gasteiger partial charge in [-0.15, -0.1) is 182 Å². The molecule has 0 unspecified atom stereocenters. The van der Waals surface area contributed by atoms with Crippen LogP contribution in [0.4, 0.5) is 4.39 Å². The number of halogens is 1. The van der Waals surface area contributed by atoms with E-state index in [1.54, 1.807) is 12.3 Å². The molecular formula is C108H77FIr6N6-6. The van der Waals surface area contributed by atoms with Gasteiger partial charge in [0.05, 0.1) is 0 Å². The van der Waals surface area contributed by atoms with Crippen LogP contribution in [0.25, 0.3) is 154 Å². The van der Waals surface area contributed by atoms with Crippen molar-refractivity contribution in [1.29, 1.82) is 0 Å². The Bertz CT molecular complexity index is 6890. The fourth-order valence-electron chi connectivity index (χ4n) is 16.0. The molecule has 13 heteroatoms. The quantitative estimate of drug-likeness (QED) is 0.160. The second kappa shape index (κ2) is 41.0. The van der Waals surface area contributed by atoms with Crippen molar-refractivity contribution in [3.8, 4) is 78.7 Å². The summed E-state index contributed by atoms with van der Waals surface area (Å²) in [5.74, 6) is -0.183. The van der Waals surface area contributed by atoms with Crippen molar-refractivity contribution in [3.05, 3.63) is 434 Å². The van der Waals surface area contributed by atoms with Gasteiger partial charge in [-0.25, -0.2) is 4.39 Å². The van der Waals surface area contributed by atoms with Crippen LogP contribution in [0.5, 0.6) is 0 Å². The fourth-order valence-corrected chi connectivity index (χ4v) is 16.0. The normalized spacial score (nSPS) is 11.7. The van der Waals surface area contributed by atoms with E-state index in [-0.39, 0.29) is 137 Å². The Morgan fingerprint density at radius 1 is 0.281 bits per heavy atom. The number of aromatic nitrogens is 6. The van der Waals surface area contributed by atoms with Gasteiger partial charge in [-0.3, -0.25) is 0 Å². The van der Waals surface area contributed by atoms with Gasteiger partial charge >= 0.3 is 0 Å². The van der Waals surface area contributed by atoms with Crippen molar-refractivity contribution in [1.82, 2.24) is 29.9 Å².